The molecule has 0 aliphatic carbocycles. The number of hydrogen-bond acceptors (Lipinski definition) is 3. The zero-order valence-electron chi connectivity index (χ0n) is 22.2. The molecule has 2 aliphatic heterocycles. The van der Waals surface area contributed by atoms with Crippen molar-refractivity contribution in [1.82, 2.24) is 9.80 Å². The van der Waals surface area contributed by atoms with Crippen LogP contribution >= 0.6 is 0 Å². The smallest absolute Gasteiger partial charge is 0.416 e. The lowest BCUT2D eigenvalue weighted by Gasteiger charge is -2.34. The highest BCUT2D eigenvalue weighted by atomic mass is 19.4. The number of methoxy groups -OCH3 is 1. The number of carbonyl (C=O) groups excluding carboxylic acids is 1. The monoisotopic (exact) mass is 536 g/mol. The van der Waals surface area contributed by atoms with Crippen LogP contribution in [-0.4, -0.2) is 55.5 Å². The van der Waals surface area contributed by atoms with Crippen LogP contribution in [0.3, 0.4) is 0 Å². The molecular weight excluding hydrogens is 501 g/mol. The number of nitrogens with zero attached hydrogens (tertiary/aromatic N) is 2. The number of ether oxygens (including phenoxy) is 1. The molecule has 3 aromatic rings. The van der Waals surface area contributed by atoms with Crippen LogP contribution in [0.1, 0.15) is 45.8 Å². The number of carbonyl (C=O) groups is 1. The Kier molecular flexibility index (Phi) is 8.26. The standard InChI is InChI=1S/C32H35F3N2O2/c1-39-29-12-10-25(11-13-29)31(38)37-21-27(30(22-37)26-8-5-9-28(19-26)32(33,34)35)20-36-16-14-24(15-17-36)18-23-6-3-2-4-7-23/h2-13,19,24,27,30H,14-18,20-22H2,1H3. The molecule has 4 nitrogen and oxygen atoms in total. The summed E-state index contributed by atoms with van der Waals surface area (Å²) in [6.07, 6.45) is -1.12. The molecule has 206 valence electrons. The van der Waals surface area contributed by atoms with Crippen molar-refractivity contribution in [3.05, 3.63) is 101 Å². The van der Waals surface area contributed by atoms with Gasteiger partial charge >= 0.3 is 6.18 Å². The third kappa shape index (κ3) is 6.64. The molecule has 3 aromatic carbocycles. The highest BCUT2D eigenvalue weighted by molar-refractivity contribution is 5.94. The lowest BCUT2D eigenvalue weighted by Crippen LogP contribution is -2.39. The Morgan fingerprint density at radius 3 is 2.31 bits per heavy atom. The SMILES string of the molecule is COc1ccc(C(=O)N2CC(CN3CCC(Cc4ccccc4)CC3)C(c3cccc(C(F)(F)F)c3)C2)cc1. The molecule has 0 spiro atoms. The lowest BCUT2D eigenvalue weighted by molar-refractivity contribution is -0.137. The van der Waals surface area contributed by atoms with Crippen molar-refractivity contribution in [1.29, 1.82) is 0 Å². The van der Waals surface area contributed by atoms with E-state index in [9.17, 15) is 18.0 Å². The Balaban J connectivity index is 1.30. The Labute approximate surface area is 228 Å². The molecule has 0 saturated carbocycles. The maximum atomic E-state index is 13.5. The first-order valence-electron chi connectivity index (χ1n) is 13.7. The molecular formula is C32H35F3N2O2. The minimum absolute atomic E-state index is 0.0568. The number of benzene rings is 3. The minimum atomic E-state index is -4.40. The van der Waals surface area contributed by atoms with E-state index in [-0.39, 0.29) is 17.7 Å². The summed E-state index contributed by atoms with van der Waals surface area (Å²) in [4.78, 5) is 17.6. The van der Waals surface area contributed by atoms with E-state index in [0.29, 0.717) is 35.9 Å². The van der Waals surface area contributed by atoms with Gasteiger partial charge in [-0.05, 0) is 85.6 Å². The molecule has 0 bridgehead atoms. The van der Waals surface area contributed by atoms with Crippen LogP contribution in [0.5, 0.6) is 5.75 Å². The molecule has 2 aliphatic rings. The van der Waals surface area contributed by atoms with Crippen molar-refractivity contribution in [2.75, 3.05) is 39.8 Å². The fourth-order valence-corrected chi connectivity index (χ4v) is 6.11. The average molecular weight is 537 g/mol. The molecule has 0 N–H and O–H groups in total. The highest BCUT2D eigenvalue weighted by Gasteiger charge is 2.39. The third-order valence-corrected chi connectivity index (χ3v) is 8.27. The summed E-state index contributed by atoms with van der Waals surface area (Å²) in [7, 11) is 1.58. The van der Waals surface area contributed by atoms with Crippen molar-refractivity contribution in [3.8, 4) is 5.75 Å². The Morgan fingerprint density at radius 1 is 0.923 bits per heavy atom. The molecule has 7 heteroatoms. The predicted molar refractivity (Wildman–Crippen MR) is 146 cm³/mol. The van der Waals surface area contributed by atoms with Gasteiger partial charge in [-0.15, -0.1) is 0 Å². The number of likely N-dealkylation sites (tertiary alicyclic amines) is 2. The van der Waals surface area contributed by atoms with Crippen molar-refractivity contribution in [3.63, 3.8) is 0 Å². The van der Waals surface area contributed by atoms with Gasteiger partial charge in [0.1, 0.15) is 5.75 Å². The molecule has 0 aromatic heterocycles. The van der Waals surface area contributed by atoms with Crippen molar-refractivity contribution < 1.29 is 22.7 Å². The summed E-state index contributed by atoms with van der Waals surface area (Å²) >= 11 is 0. The predicted octanol–water partition coefficient (Wildman–Crippen LogP) is 6.52. The Hall–Kier alpha value is -3.32. The van der Waals surface area contributed by atoms with Crippen LogP contribution in [0.4, 0.5) is 13.2 Å². The van der Waals surface area contributed by atoms with Crippen LogP contribution in [0.25, 0.3) is 0 Å². The lowest BCUT2D eigenvalue weighted by atomic mass is 9.86. The second-order valence-electron chi connectivity index (χ2n) is 10.9. The summed E-state index contributed by atoms with van der Waals surface area (Å²) in [6.45, 7) is 3.63. The molecule has 39 heavy (non-hydrogen) atoms. The van der Waals surface area contributed by atoms with Crippen molar-refractivity contribution >= 4 is 5.91 Å². The number of piperidine rings is 1. The molecule has 2 heterocycles. The molecule has 2 saturated heterocycles. The molecule has 1 amide bonds. The van der Waals surface area contributed by atoms with Crippen LogP contribution in [0.15, 0.2) is 78.9 Å². The van der Waals surface area contributed by atoms with E-state index in [0.717, 1.165) is 45.0 Å². The van der Waals surface area contributed by atoms with Gasteiger partial charge in [-0.2, -0.15) is 13.2 Å². The number of halogens is 3. The normalized spacial score (nSPS) is 20.8. The van der Waals surface area contributed by atoms with Gasteiger partial charge in [0.05, 0.1) is 12.7 Å². The van der Waals surface area contributed by atoms with Crippen LogP contribution in [0, 0.1) is 11.8 Å². The number of hydrogen-bond donors (Lipinski definition) is 0. The van der Waals surface area contributed by atoms with E-state index >= 15 is 0 Å². The summed E-state index contributed by atoms with van der Waals surface area (Å²) in [6, 6.07) is 23.2. The quantitative estimate of drug-likeness (QED) is 0.345. The average Bonchev–Trinajstić information content (AvgIpc) is 3.37. The zero-order chi connectivity index (χ0) is 27.4. The maximum absolute atomic E-state index is 13.5. The van der Waals surface area contributed by atoms with Crippen LogP contribution in [0.2, 0.25) is 0 Å². The van der Waals surface area contributed by atoms with Gasteiger partial charge in [0.25, 0.3) is 5.91 Å². The van der Waals surface area contributed by atoms with Gasteiger partial charge in [0.2, 0.25) is 0 Å². The fourth-order valence-electron chi connectivity index (χ4n) is 6.11. The largest absolute Gasteiger partial charge is 0.497 e. The maximum Gasteiger partial charge on any atom is 0.416 e. The van der Waals surface area contributed by atoms with Crippen LogP contribution in [-0.2, 0) is 12.6 Å². The minimum Gasteiger partial charge on any atom is -0.497 e. The molecule has 2 fully saturated rings. The topological polar surface area (TPSA) is 32.8 Å². The first kappa shape index (κ1) is 27.3. The third-order valence-electron chi connectivity index (χ3n) is 8.27. The van der Waals surface area contributed by atoms with Gasteiger partial charge in [-0.1, -0.05) is 48.5 Å². The number of alkyl halides is 3. The fraction of sp³-hybridized carbons (Fsp3) is 0.406. The van der Waals surface area contributed by atoms with E-state index in [1.54, 1.807) is 42.3 Å². The second-order valence-corrected chi connectivity index (χ2v) is 10.9. The molecule has 2 unspecified atom stereocenters. The molecule has 2 atom stereocenters. The number of amides is 1. The van der Waals surface area contributed by atoms with Crippen molar-refractivity contribution in [2.45, 2.75) is 31.4 Å². The Bertz CT molecular complexity index is 1240. The summed E-state index contributed by atoms with van der Waals surface area (Å²) in [5.74, 6) is 1.11. The van der Waals surface area contributed by atoms with Crippen LogP contribution < -0.4 is 4.74 Å². The summed E-state index contributed by atoms with van der Waals surface area (Å²) in [5.41, 5.74) is 1.93. The van der Waals surface area contributed by atoms with E-state index in [1.165, 1.54) is 17.7 Å². The Morgan fingerprint density at radius 2 is 1.64 bits per heavy atom. The van der Waals surface area contributed by atoms with E-state index in [4.69, 9.17) is 4.74 Å². The van der Waals surface area contributed by atoms with Gasteiger partial charge < -0.3 is 14.5 Å². The van der Waals surface area contributed by atoms with Gasteiger partial charge in [-0.25, -0.2) is 0 Å². The summed E-state index contributed by atoms with van der Waals surface area (Å²) < 4.78 is 45.8. The van der Waals surface area contributed by atoms with E-state index < -0.39 is 11.7 Å². The highest BCUT2D eigenvalue weighted by Crippen LogP contribution is 2.38. The first-order chi connectivity index (χ1) is 18.8. The van der Waals surface area contributed by atoms with Gasteiger partial charge in [0.15, 0.2) is 0 Å². The van der Waals surface area contributed by atoms with E-state index in [1.807, 2.05) is 6.07 Å². The molecule has 0 radical (unpaired) electrons. The van der Waals surface area contributed by atoms with Gasteiger partial charge in [0, 0.05) is 31.1 Å². The second kappa shape index (κ2) is 11.8. The first-order valence-corrected chi connectivity index (χ1v) is 13.7. The molecule has 5 rings (SSSR count). The van der Waals surface area contributed by atoms with E-state index in [2.05, 4.69) is 29.2 Å². The van der Waals surface area contributed by atoms with Crippen molar-refractivity contribution in [2.24, 2.45) is 11.8 Å². The zero-order valence-corrected chi connectivity index (χ0v) is 22.2. The number of rotatable bonds is 7. The summed E-state index contributed by atoms with van der Waals surface area (Å²) in [5, 5.41) is 0. The van der Waals surface area contributed by atoms with Gasteiger partial charge in [-0.3, -0.25) is 4.79 Å².